The lowest BCUT2D eigenvalue weighted by Gasteiger charge is -2.49. The maximum atomic E-state index is 13.9. The van der Waals surface area contributed by atoms with E-state index in [2.05, 4.69) is 98.6 Å². The number of amides is 4. The zero-order valence-corrected chi connectivity index (χ0v) is 71.5. The van der Waals surface area contributed by atoms with E-state index in [0.717, 1.165) is 108 Å². The molecule has 21 atom stereocenters. The second kappa shape index (κ2) is 35.1. The molecule has 4 amide bonds. The van der Waals surface area contributed by atoms with Crippen molar-refractivity contribution in [3.8, 4) is 0 Å². The molecule has 0 aromatic heterocycles. The molecule has 0 radical (unpaired) electrons. The number of ether oxygens (including phenoxy) is 2. The molecule has 18 heteroatoms. The highest BCUT2D eigenvalue weighted by atomic mass is 16.5. The van der Waals surface area contributed by atoms with Gasteiger partial charge in [-0.3, -0.25) is 43.4 Å². The highest BCUT2D eigenvalue weighted by Crippen LogP contribution is 2.68. The number of allylic oxidation sites excluding steroid dienone is 5. The number of likely N-dealkylation sites (tertiary alicyclic amines) is 2. The average Bonchev–Trinajstić information content (AvgIpc) is 1.54. The Morgan fingerprint density at radius 1 is 0.517 bits per heavy atom. The topological polar surface area (TPSA) is 247 Å². The monoisotopic (exact) mass is 1600 g/mol. The van der Waals surface area contributed by atoms with Gasteiger partial charge >= 0.3 is 0 Å². The molecule has 8 aliphatic carbocycles. The van der Waals surface area contributed by atoms with E-state index < -0.39 is 12.1 Å². The molecular weight excluding hydrogens is 1480 g/mol. The van der Waals surface area contributed by atoms with Crippen LogP contribution >= 0.6 is 0 Å². The Labute approximate surface area is 699 Å². The maximum Gasteiger partial charge on any atom is 0.242 e. The zero-order chi connectivity index (χ0) is 83.3. The van der Waals surface area contributed by atoms with E-state index in [1.165, 1.54) is 42.6 Å². The molecule has 16 rings (SSSR count). The lowest BCUT2D eigenvalue weighted by Crippen LogP contribution is -2.55. The molecule has 118 heavy (non-hydrogen) atoms. The number of rotatable bonds is 24. The highest BCUT2D eigenvalue weighted by Gasteiger charge is 2.64. The van der Waals surface area contributed by atoms with E-state index in [1.807, 2.05) is 60.7 Å². The van der Waals surface area contributed by atoms with Gasteiger partial charge < -0.3 is 45.4 Å². The van der Waals surface area contributed by atoms with Crippen LogP contribution in [0.15, 0.2) is 155 Å². The van der Waals surface area contributed by atoms with E-state index in [4.69, 9.17) is 9.47 Å². The number of carbonyl (C=O) groups excluding carboxylic acids is 9. The number of fused-ring (bicyclic) bond motifs is 12. The first kappa shape index (κ1) is 84.9. The SMILES string of the molecule is CC(=O)CCC(=O)N[C@@H](Cc1ccc(C(=O)c2ccccc2)cc1)C(=O)NCCN1C[C@@H](C)C[C@H]2OC3(CC[C@@H]4C(=C3C)C[C@H]3[C@H]4CC=C4CC(=O)CC[C@@]43C)[C@H](C)[C@@H]21.CC(=O)CCC(=O)N[C@@H](Cc1ccc(C(=O)c2ccccc2)cc1)C(=O)NCCN1C[C@@H](C)C[C@H]2OC3(CC[C@@H]4C(=C3C)C[C@H]3[C@H]4CC=C4C[C@@H](O)CC[C@@]43C)[C@H](C)[C@@H]21. The molecule has 2 unspecified atom stereocenters. The predicted octanol–water partition coefficient (Wildman–Crippen LogP) is 14.5. The largest absolute Gasteiger partial charge is 0.393 e. The van der Waals surface area contributed by atoms with Gasteiger partial charge in [-0.05, 0) is 198 Å². The minimum absolute atomic E-state index is 0.0217. The average molecular weight is 1610 g/mol. The van der Waals surface area contributed by atoms with Crippen LogP contribution in [0, 0.1) is 70.0 Å². The Hall–Kier alpha value is -8.13. The number of ketones is 5. The number of piperidine rings is 2. The van der Waals surface area contributed by atoms with Crippen molar-refractivity contribution in [1.82, 2.24) is 31.1 Å². The highest BCUT2D eigenvalue weighted by molar-refractivity contribution is 6.09. The first-order chi connectivity index (χ1) is 56.5. The summed E-state index contributed by atoms with van der Waals surface area (Å²) in [5.41, 5.74) is 12.9. The van der Waals surface area contributed by atoms with Crippen molar-refractivity contribution in [2.75, 3.05) is 39.3 Å². The van der Waals surface area contributed by atoms with Gasteiger partial charge in [0.15, 0.2) is 11.6 Å². The molecule has 4 saturated carbocycles. The maximum absolute atomic E-state index is 13.9. The zero-order valence-electron chi connectivity index (χ0n) is 71.5. The van der Waals surface area contributed by atoms with Crippen LogP contribution in [-0.2, 0) is 55.9 Å². The van der Waals surface area contributed by atoms with Crippen LogP contribution in [0.3, 0.4) is 0 Å². The molecule has 630 valence electrons. The quantitative estimate of drug-likeness (QED) is 0.0324. The molecule has 2 spiro atoms. The number of hydrogen-bond donors (Lipinski definition) is 5. The van der Waals surface area contributed by atoms with Crippen molar-refractivity contribution >= 4 is 52.5 Å². The van der Waals surface area contributed by atoms with Crippen LogP contribution in [0.5, 0.6) is 0 Å². The second-order valence-electron chi connectivity index (χ2n) is 38.7. The van der Waals surface area contributed by atoms with Crippen molar-refractivity contribution in [3.63, 3.8) is 0 Å². The Bertz CT molecular complexity index is 4610. The summed E-state index contributed by atoms with van der Waals surface area (Å²) in [5.74, 6) is 4.23. The fourth-order valence-corrected chi connectivity index (χ4v) is 25.3. The van der Waals surface area contributed by atoms with Crippen molar-refractivity contribution in [2.24, 2.45) is 70.0 Å². The van der Waals surface area contributed by atoms with Crippen LogP contribution in [0.25, 0.3) is 0 Å². The first-order valence-corrected chi connectivity index (χ1v) is 44.9. The van der Waals surface area contributed by atoms with Crippen LogP contribution in [-0.4, -0.2) is 160 Å². The van der Waals surface area contributed by atoms with Gasteiger partial charge in [-0.15, -0.1) is 0 Å². The van der Waals surface area contributed by atoms with E-state index in [1.54, 1.807) is 59.7 Å². The molecule has 4 aromatic carbocycles. The molecule has 4 aromatic rings. The second-order valence-corrected chi connectivity index (χ2v) is 38.7. The molecule has 5 N–H and O–H groups in total. The van der Waals surface area contributed by atoms with Crippen molar-refractivity contribution in [3.05, 3.63) is 188 Å². The summed E-state index contributed by atoms with van der Waals surface area (Å²) in [4.78, 5) is 121. The predicted molar refractivity (Wildman–Crippen MR) is 456 cm³/mol. The van der Waals surface area contributed by atoms with Crippen LogP contribution in [0.4, 0.5) is 0 Å². The summed E-state index contributed by atoms with van der Waals surface area (Å²) in [6.45, 7) is 26.2. The fraction of sp³-hybridized carbons (Fsp3) is 0.590. The molecule has 0 bridgehead atoms. The normalized spacial score (nSPS) is 33.6. The summed E-state index contributed by atoms with van der Waals surface area (Å²) >= 11 is 0. The van der Waals surface area contributed by atoms with Gasteiger partial charge in [-0.1, -0.05) is 185 Å². The number of carbonyl (C=O) groups is 9. The molecule has 4 aliphatic heterocycles. The number of Topliss-reactive ketones (excluding diaryl/α,β-unsaturated/α-hetero) is 3. The molecule has 4 heterocycles. The van der Waals surface area contributed by atoms with Gasteiger partial charge in [-0.2, -0.15) is 0 Å². The third-order valence-electron chi connectivity index (χ3n) is 31.5. The van der Waals surface area contributed by atoms with Crippen molar-refractivity contribution in [2.45, 2.75) is 264 Å². The number of aliphatic hydroxyl groups excluding tert-OH is 1. The molecular formula is C100H128N6O12. The Morgan fingerprint density at radius 2 is 0.932 bits per heavy atom. The van der Waals surface area contributed by atoms with Gasteiger partial charge in [0.2, 0.25) is 23.6 Å². The smallest absolute Gasteiger partial charge is 0.242 e. The van der Waals surface area contributed by atoms with Gasteiger partial charge in [0.05, 0.1) is 29.5 Å². The van der Waals surface area contributed by atoms with Gasteiger partial charge in [0, 0.05) is 137 Å². The molecule has 8 fully saturated rings. The summed E-state index contributed by atoms with van der Waals surface area (Å²) in [7, 11) is 0. The third-order valence-corrected chi connectivity index (χ3v) is 31.5. The van der Waals surface area contributed by atoms with E-state index in [0.29, 0.717) is 126 Å². The third kappa shape index (κ3) is 16.9. The number of aliphatic hydroxyl groups is 1. The molecule has 4 saturated heterocycles. The van der Waals surface area contributed by atoms with E-state index >= 15 is 0 Å². The Kier molecular flexibility index (Phi) is 25.3. The van der Waals surface area contributed by atoms with Crippen molar-refractivity contribution < 1.29 is 57.7 Å². The number of nitrogens with zero attached hydrogens (tertiary/aromatic N) is 2. The van der Waals surface area contributed by atoms with Crippen molar-refractivity contribution in [1.29, 1.82) is 0 Å². The lowest BCUT2D eigenvalue weighted by molar-refractivity contribution is -0.129. The minimum Gasteiger partial charge on any atom is -0.393 e. The number of hydrogen-bond acceptors (Lipinski definition) is 14. The number of nitrogens with one attached hydrogen (secondary N) is 4. The summed E-state index contributed by atoms with van der Waals surface area (Å²) in [6, 6.07) is 31.5. The Morgan fingerprint density at radius 3 is 1.36 bits per heavy atom. The Balaban J connectivity index is 0.000000185. The van der Waals surface area contributed by atoms with Gasteiger partial charge in [0.1, 0.15) is 29.4 Å². The van der Waals surface area contributed by atoms with Crippen LogP contribution in [0.1, 0.15) is 241 Å². The fourth-order valence-electron chi connectivity index (χ4n) is 25.3. The van der Waals surface area contributed by atoms with Crippen LogP contribution < -0.4 is 21.3 Å². The van der Waals surface area contributed by atoms with Crippen LogP contribution in [0.2, 0.25) is 0 Å². The summed E-state index contributed by atoms with van der Waals surface area (Å²) in [5, 5.41) is 22.6. The minimum atomic E-state index is -0.836. The standard InChI is InChI=1S/C50H65N3O6.C50H63N3O6/c2*1-30-25-44-46(33(4)50(59-44)22-20-39-40-17-16-37-27-38(55)19-21-49(37,5)42(40)28-41(39)32(50)3)53(29-30)24-23-51-48(58)43(52-45(56)18-11-31(2)54)26-34-12-14-36(15-13-34)47(57)35-9-7-6-8-10-35/h6-10,12-16,30,33,38-40,42-44,46,55H,11,17-29H2,1-5H3,(H,51,58)(H,52,56);6-10,12-16,30,33,39-40,42-44,46H,11,17-29H2,1-5H3,(H,51,58)(H,52,56)/t30-,33+,38-,39-,40-,42-,43-,44+,46-,49-,50?;30-,33+,39-,40-,42-,43-,44+,46-,49-,50?/m00/s1. The summed E-state index contributed by atoms with van der Waals surface area (Å²) < 4.78 is 14.7. The number of benzene rings is 4. The molecule has 12 aliphatic rings. The lowest BCUT2D eigenvalue weighted by atomic mass is 9.56. The van der Waals surface area contributed by atoms with E-state index in [9.17, 15) is 48.3 Å². The first-order valence-electron chi connectivity index (χ1n) is 44.9. The van der Waals surface area contributed by atoms with Gasteiger partial charge in [0.25, 0.3) is 0 Å². The summed E-state index contributed by atoms with van der Waals surface area (Å²) in [6.07, 6.45) is 22.0. The molecule has 18 nitrogen and oxygen atoms in total. The van der Waals surface area contributed by atoms with E-state index in [-0.39, 0.29) is 138 Å². The van der Waals surface area contributed by atoms with Gasteiger partial charge in [-0.25, -0.2) is 0 Å².